The van der Waals surface area contributed by atoms with Crippen molar-refractivity contribution in [1.29, 1.82) is 0 Å². The fourth-order valence-corrected chi connectivity index (χ4v) is 16.9. The Kier molecular flexibility index (Phi) is 20.3. The third-order valence-electron chi connectivity index (χ3n) is 23.3. The Morgan fingerprint density at radius 3 is 0.565 bits per heavy atom. The van der Waals surface area contributed by atoms with Gasteiger partial charge in [0.15, 0.2) is 23.3 Å². The maximum Gasteiger partial charge on any atom is 0.164 e. The van der Waals surface area contributed by atoms with Crippen LogP contribution >= 0.6 is 0 Å². The summed E-state index contributed by atoms with van der Waals surface area (Å²) in [6.07, 6.45) is 0. The zero-order valence-electron chi connectivity index (χ0n) is 67.6. The van der Waals surface area contributed by atoms with Crippen LogP contribution in [0.4, 0.5) is 0 Å². The molecule has 7 nitrogen and oxygen atoms in total. The summed E-state index contributed by atoms with van der Waals surface area (Å²) in [4.78, 5) is 36.1. The van der Waals surface area contributed by atoms with E-state index in [2.05, 4.69) is 370 Å². The first kappa shape index (κ1) is 74.9. The van der Waals surface area contributed by atoms with Crippen molar-refractivity contribution >= 4 is 43.4 Å². The molecule has 0 radical (unpaired) electrons. The van der Waals surface area contributed by atoms with Gasteiger partial charge in [0.2, 0.25) is 0 Å². The molecule has 18 aromatic carbocycles. The standard InChI is InChI=1S/C59H39N3.C58H38N4/c1-5-15-40(16-6-1)42-25-29-44(30-26-42)52-37-54-53(38-55(60-58(54)51-24-14-13-23-50(51)52)48-33-27-43(28-34-48)41-17-7-2-8-18-41)45-31-35-49(36-32-45)59-61-56(46-19-9-3-10-20-46)39-57(62-59)47-21-11-4-12-22-47;1-5-15-39(16-6-1)41-25-29-43(30-26-41)51-37-53-52(38-54(59-55(53)50-24-14-13-23-49(50)51)45-33-27-42(28-34-45)40-17-7-2-8-18-40)44-31-35-48(36-32-44)58-61-56(46-19-9-3-10-20-46)60-57(62-58)47-21-11-4-12-22-47/h1-39H;1-38H. The van der Waals surface area contributed by atoms with Crippen LogP contribution in [0.5, 0.6) is 0 Å². The van der Waals surface area contributed by atoms with Crippen LogP contribution in [-0.2, 0) is 0 Å². The fraction of sp³-hybridized carbons (Fsp3) is 0. The van der Waals surface area contributed by atoms with Gasteiger partial charge in [-0.2, -0.15) is 0 Å². The molecule has 0 atom stereocenters. The van der Waals surface area contributed by atoms with Gasteiger partial charge in [0.25, 0.3) is 0 Å². The van der Waals surface area contributed by atoms with Crippen molar-refractivity contribution in [3.05, 3.63) is 467 Å². The molecule has 22 aromatic rings. The van der Waals surface area contributed by atoms with Crippen LogP contribution in [0, 0.1) is 0 Å². The Labute approximate surface area is 720 Å². The van der Waals surface area contributed by atoms with E-state index in [9.17, 15) is 0 Å². The SMILES string of the molecule is c1ccc(-c2ccc(-c3cc(-c4ccc(-c5nc(-c6ccccc6)cc(-c6ccccc6)n5)cc4)c4cc(-c5ccc(-c6ccccc6)cc5)c5ccccc5c4n3)cc2)cc1.c1ccc(-c2ccc(-c3cc(-c4ccc(-c5nc(-c6ccccc6)nc(-c6ccccc6)n5)cc4)c4cc(-c5ccc(-c6ccccc6)cc5)c5ccccc5c4n3)cc2)cc1. The molecule has 0 amide bonds. The molecule has 0 aliphatic carbocycles. The average molecular weight is 1580 g/mol. The molecule has 4 aromatic heterocycles. The first-order valence-corrected chi connectivity index (χ1v) is 41.9. The summed E-state index contributed by atoms with van der Waals surface area (Å²) in [6, 6.07) is 164. The van der Waals surface area contributed by atoms with E-state index in [1.807, 2.05) is 97.1 Å². The molecule has 0 saturated carbocycles. The minimum absolute atomic E-state index is 0.621. The van der Waals surface area contributed by atoms with Crippen molar-refractivity contribution in [2.24, 2.45) is 0 Å². The molecule has 0 fully saturated rings. The van der Waals surface area contributed by atoms with Gasteiger partial charge < -0.3 is 0 Å². The first-order chi connectivity index (χ1) is 61.4. The van der Waals surface area contributed by atoms with Gasteiger partial charge in [0.1, 0.15) is 0 Å². The van der Waals surface area contributed by atoms with Crippen LogP contribution < -0.4 is 0 Å². The number of fused-ring (bicyclic) bond motifs is 6. The predicted octanol–water partition coefficient (Wildman–Crippen LogP) is 30.4. The average Bonchev–Trinajstić information content (AvgIpc) is 0.741. The van der Waals surface area contributed by atoms with Gasteiger partial charge in [-0.15, -0.1) is 0 Å². The Morgan fingerprint density at radius 1 is 0.105 bits per heavy atom. The van der Waals surface area contributed by atoms with Gasteiger partial charge in [-0.3, -0.25) is 0 Å². The molecule has 0 saturated heterocycles. The molecule has 0 aliphatic heterocycles. The van der Waals surface area contributed by atoms with Crippen LogP contribution in [-0.4, -0.2) is 34.9 Å². The monoisotopic (exact) mass is 1580 g/mol. The van der Waals surface area contributed by atoms with Gasteiger partial charge in [0.05, 0.1) is 33.8 Å². The molecule has 22 rings (SSSR count). The van der Waals surface area contributed by atoms with E-state index in [0.717, 1.165) is 139 Å². The van der Waals surface area contributed by atoms with E-state index < -0.39 is 0 Å². The smallest absolute Gasteiger partial charge is 0.164 e. The molecule has 0 unspecified atom stereocenters. The largest absolute Gasteiger partial charge is 0.247 e. The lowest BCUT2D eigenvalue weighted by atomic mass is 9.90. The Morgan fingerprint density at radius 2 is 0.282 bits per heavy atom. The van der Waals surface area contributed by atoms with Crippen molar-refractivity contribution < 1.29 is 0 Å². The van der Waals surface area contributed by atoms with Gasteiger partial charge >= 0.3 is 0 Å². The maximum atomic E-state index is 5.47. The second-order valence-corrected chi connectivity index (χ2v) is 31.0. The van der Waals surface area contributed by atoms with Crippen molar-refractivity contribution in [3.8, 4) is 180 Å². The molecule has 0 spiro atoms. The number of hydrogen-bond donors (Lipinski definition) is 0. The van der Waals surface area contributed by atoms with Crippen molar-refractivity contribution in [3.63, 3.8) is 0 Å². The van der Waals surface area contributed by atoms with Crippen molar-refractivity contribution in [2.45, 2.75) is 0 Å². The summed E-state index contributed by atoms with van der Waals surface area (Å²) in [5, 5.41) is 6.74. The van der Waals surface area contributed by atoms with Crippen LogP contribution in [0.3, 0.4) is 0 Å². The quantitative estimate of drug-likeness (QED) is 0.0890. The summed E-state index contributed by atoms with van der Waals surface area (Å²) in [6.45, 7) is 0. The second kappa shape index (κ2) is 33.7. The molecule has 580 valence electrons. The normalized spacial score (nSPS) is 11.2. The lowest BCUT2D eigenvalue weighted by Crippen LogP contribution is -2.00. The van der Waals surface area contributed by atoms with Gasteiger partial charge in [0, 0.05) is 66.1 Å². The van der Waals surface area contributed by atoms with Gasteiger partial charge in [-0.25, -0.2) is 34.9 Å². The summed E-state index contributed by atoms with van der Waals surface area (Å²) < 4.78 is 0. The van der Waals surface area contributed by atoms with Crippen molar-refractivity contribution in [2.75, 3.05) is 0 Å². The molecule has 124 heavy (non-hydrogen) atoms. The minimum Gasteiger partial charge on any atom is -0.247 e. The topological polar surface area (TPSA) is 90.2 Å². The number of hydrogen-bond acceptors (Lipinski definition) is 7. The third-order valence-corrected chi connectivity index (χ3v) is 23.3. The van der Waals surface area contributed by atoms with Gasteiger partial charge in [-0.1, -0.05) is 437 Å². The first-order valence-electron chi connectivity index (χ1n) is 41.9. The number of aromatic nitrogens is 7. The minimum atomic E-state index is 0.621. The highest BCUT2D eigenvalue weighted by Gasteiger charge is 2.22. The van der Waals surface area contributed by atoms with Crippen LogP contribution in [0.25, 0.3) is 223 Å². The highest BCUT2D eigenvalue weighted by Crippen LogP contribution is 2.45. The maximum absolute atomic E-state index is 5.47. The second-order valence-electron chi connectivity index (χ2n) is 31.0. The molecule has 0 bridgehead atoms. The molecular weight excluding hydrogens is 1500 g/mol. The van der Waals surface area contributed by atoms with Crippen molar-refractivity contribution in [1.82, 2.24) is 34.9 Å². The Balaban J connectivity index is 0.000000152. The lowest BCUT2D eigenvalue weighted by Gasteiger charge is -2.16. The summed E-state index contributed by atoms with van der Waals surface area (Å²) >= 11 is 0. The molecule has 4 heterocycles. The van der Waals surface area contributed by atoms with Crippen LogP contribution in [0.2, 0.25) is 0 Å². The van der Waals surface area contributed by atoms with E-state index in [0.29, 0.717) is 23.3 Å². The number of nitrogens with zero attached hydrogens (tertiary/aromatic N) is 7. The van der Waals surface area contributed by atoms with Crippen LogP contribution in [0.1, 0.15) is 0 Å². The van der Waals surface area contributed by atoms with E-state index in [1.54, 1.807) is 0 Å². The summed E-state index contributed by atoms with van der Waals surface area (Å²) in [5.41, 5.74) is 32.0. The van der Waals surface area contributed by atoms with Crippen LogP contribution in [0.15, 0.2) is 467 Å². The zero-order valence-corrected chi connectivity index (χ0v) is 67.6. The Bertz CT molecular complexity index is 7010. The number of rotatable bonds is 16. The van der Waals surface area contributed by atoms with E-state index in [-0.39, 0.29) is 0 Å². The predicted molar refractivity (Wildman–Crippen MR) is 514 cm³/mol. The summed E-state index contributed by atoms with van der Waals surface area (Å²) in [5.74, 6) is 2.58. The zero-order chi connectivity index (χ0) is 82.5. The molecule has 7 heteroatoms. The highest BCUT2D eigenvalue weighted by atomic mass is 15.0. The summed E-state index contributed by atoms with van der Waals surface area (Å²) in [7, 11) is 0. The molecular formula is C117H77N7. The molecule has 0 N–H and O–H groups in total. The van der Waals surface area contributed by atoms with Gasteiger partial charge in [-0.05, 0) is 130 Å². The third kappa shape index (κ3) is 15.4. The van der Waals surface area contributed by atoms with E-state index >= 15 is 0 Å². The number of benzene rings is 18. The Hall–Kier alpha value is -16.6. The lowest BCUT2D eigenvalue weighted by molar-refractivity contribution is 1.07. The molecule has 0 aliphatic rings. The van der Waals surface area contributed by atoms with E-state index in [4.69, 9.17) is 34.9 Å². The van der Waals surface area contributed by atoms with E-state index in [1.165, 1.54) is 61.0 Å². The number of pyridine rings is 2. The highest BCUT2D eigenvalue weighted by molar-refractivity contribution is 6.18. The fourth-order valence-electron chi connectivity index (χ4n) is 16.9.